The van der Waals surface area contributed by atoms with Crippen LogP contribution in [-0.2, 0) is 13.3 Å². The number of carbonyl (C=O) groups is 1. The molecule has 0 aromatic heterocycles. The minimum Gasteiger partial charge on any atom is -0.374 e. The summed E-state index contributed by atoms with van der Waals surface area (Å²) in [6.45, 7) is 16.9. The first-order valence-electron chi connectivity index (χ1n) is 12.6. The second-order valence-corrected chi connectivity index (χ2v) is 10.6. The molecule has 0 spiro atoms. The first kappa shape index (κ1) is 30.2. The van der Waals surface area contributed by atoms with Gasteiger partial charge in [-0.3, -0.25) is 4.90 Å². The molecule has 1 saturated heterocycles. The Morgan fingerprint density at radius 1 is 0.788 bits per heavy atom. The first-order valence-corrected chi connectivity index (χ1v) is 14.6. The number of carbonyl (C=O) groups excluding carboxylic acids is 1. The molecule has 1 aliphatic heterocycles. The Kier molecular flexibility index (Phi) is 18.8. The SMILES string of the molecule is CCO[Si](CCCNC(=O)NCCN1CNCCNCCCNCCNC1)(OCC)OCC. The van der Waals surface area contributed by atoms with Crippen LogP contribution < -0.4 is 31.9 Å². The summed E-state index contributed by atoms with van der Waals surface area (Å²) in [5.74, 6) is 0. The largest absolute Gasteiger partial charge is 0.500 e. The molecular formula is C21H49N7O4Si. The zero-order chi connectivity index (χ0) is 24.0. The van der Waals surface area contributed by atoms with E-state index in [1.807, 2.05) is 20.8 Å². The highest BCUT2D eigenvalue weighted by atomic mass is 28.4. The fourth-order valence-corrected chi connectivity index (χ4v) is 6.14. The maximum Gasteiger partial charge on any atom is 0.500 e. The third-order valence-electron chi connectivity index (χ3n) is 5.09. The summed E-state index contributed by atoms with van der Waals surface area (Å²) in [4.78, 5) is 14.5. The summed E-state index contributed by atoms with van der Waals surface area (Å²) in [6.07, 6.45) is 1.90. The third kappa shape index (κ3) is 15.6. The molecule has 0 radical (unpaired) electrons. The lowest BCUT2D eigenvalue weighted by Crippen LogP contribution is -2.48. The number of hydrogen-bond donors (Lipinski definition) is 6. The molecule has 1 aliphatic rings. The molecule has 1 rings (SSSR count). The third-order valence-corrected chi connectivity index (χ3v) is 8.24. The second-order valence-electron chi connectivity index (χ2n) is 7.83. The summed E-state index contributed by atoms with van der Waals surface area (Å²) >= 11 is 0. The molecule has 0 aliphatic carbocycles. The Balaban J connectivity index is 2.26. The molecule has 6 N–H and O–H groups in total. The van der Waals surface area contributed by atoms with Crippen LogP contribution in [0.2, 0.25) is 6.04 Å². The van der Waals surface area contributed by atoms with E-state index in [9.17, 15) is 4.79 Å². The van der Waals surface area contributed by atoms with Crippen LogP contribution in [0.5, 0.6) is 0 Å². The van der Waals surface area contributed by atoms with Crippen molar-refractivity contribution in [3.05, 3.63) is 0 Å². The Hall–Kier alpha value is -0.833. The predicted molar refractivity (Wildman–Crippen MR) is 134 cm³/mol. The monoisotopic (exact) mass is 491 g/mol. The van der Waals surface area contributed by atoms with Crippen LogP contribution in [-0.4, -0.2) is 112 Å². The van der Waals surface area contributed by atoms with Crippen molar-refractivity contribution in [1.82, 2.24) is 36.8 Å². The quantitative estimate of drug-likeness (QED) is 0.152. The van der Waals surface area contributed by atoms with Gasteiger partial charge in [-0.25, -0.2) is 4.79 Å². The van der Waals surface area contributed by atoms with E-state index < -0.39 is 8.80 Å². The molecular weight excluding hydrogens is 442 g/mol. The summed E-state index contributed by atoms with van der Waals surface area (Å²) < 4.78 is 17.6. The molecule has 0 saturated carbocycles. The van der Waals surface area contributed by atoms with Crippen LogP contribution in [0.4, 0.5) is 4.79 Å². The first-order chi connectivity index (χ1) is 16.2. The highest BCUT2D eigenvalue weighted by Gasteiger charge is 2.39. The highest BCUT2D eigenvalue weighted by molar-refractivity contribution is 6.60. The fraction of sp³-hybridized carbons (Fsp3) is 0.952. The molecule has 196 valence electrons. The fourth-order valence-electron chi connectivity index (χ4n) is 3.53. The van der Waals surface area contributed by atoms with Crippen molar-refractivity contribution in [2.45, 2.75) is 39.7 Å². The van der Waals surface area contributed by atoms with Gasteiger partial charge in [0.1, 0.15) is 0 Å². The number of urea groups is 1. The van der Waals surface area contributed by atoms with E-state index in [4.69, 9.17) is 13.3 Å². The standard InChI is InChI=1S/C21H49N7O4Si/c1-4-30-33(31-5-2,32-6-3)18-8-11-26-21(29)27-16-17-28-19-24-14-12-22-9-7-10-23-13-15-25-20-28/h22-25H,4-20H2,1-3H3,(H2,26,27,29). The zero-order valence-electron chi connectivity index (χ0n) is 21.1. The second kappa shape index (κ2) is 20.5. The molecule has 0 aromatic rings. The molecule has 11 nitrogen and oxygen atoms in total. The van der Waals surface area contributed by atoms with Gasteiger partial charge in [0.05, 0.1) is 0 Å². The smallest absolute Gasteiger partial charge is 0.374 e. The minimum absolute atomic E-state index is 0.150. The Labute approximate surface area is 201 Å². The van der Waals surface area contributed by atoms with E-state index in [-0.39, 0.29) is 6.03 Å². The molecule has 0 atom stereocenters. The van der Waals surface area contributed by atoms with E-state index >= 15 is 0 Å². The van der Waals surface area contributed by atoms with Gasteiger partial charge < -0.3 is 45.2 Å². The van der Waals surface area contributed by atoms with Crippen LogP contribution in [0.1, 0.15) is 33.6 Å². The van der Waals surface area contributed by atoms with Crippen molar-refractivity contribution in [3.8, 4) is 0 Å². The summed E-state index contributed by atoms with van der Waals surface area (Å²) in [6, 6.07) is 0.542. The molecule has 12 heteroatoms. The zero-order valence-corrected chi connectivity index (χ0v) is 22.1. The van der Waals surface area contributed by atoms with Gasteiger partial charge in [-0.1, -0.05) is 0 Å². The van der Waals surface area contributed by atoms with Gasteiger partial charge in [0, 0.05) is 85.0 Å². The molecule has 2 amide bonds. The Morgan fingerprint density at radius 2 is 1.30 bits per heavy atom. The maximum absolute atomic E-state index is 12.2. The maximum atomic E-state index is 12.2. The van der Waals surface area contributed by atoms with Gasteiger partial charge in [0.15, 0.2) is 0 Å². The van der Waals surface area contributed by atoms with Gasteiger partial charge in [0.2, 0.25) is 0 Å². The summed E-state index contributed by atoms with van der Waals surface area (Å²) in [5, 5.41) is 19.7. The topological polar surface area (TPSA) is 120 Å². The minimum atomic E-state index is -2.65. The molecule has 33 heavy (non-hydrogen) atoms. The van der Waals surface area contributed by atoms with Gasteiger partial charge >= 0.3 is 14.8 Å². The van der Waals surface area contributed by atoms with Crippen LogP contribution >= 0.6 is 0 Å². The van der Waals surface area contributed by atoms with Crippen LogP contribution in [0, 0.1) is 0 Å². The number of amides is 2. The van der Waals surface area contributed by atoms with Crippen molar-refractivity contribution in [1.29, 1.82) is 0 Å². The van der Waals surface area contributed by atoms with Gasteiger partial charge in [0.25, 0.3) is 0 Å². The van der Waals surface area contributed by atoms with Gasteiger partial charge in [-0.2, -0.15) is 0 Å². The van der Waals surface area contributed by atoms with Crippen LogP contribution in [0.3, 0.4) is 0 Å². The van der Waals surface area contributed by atoms with Crippen LogP contribution in [0.15, 0.2) is 0 Å². The average molecular weight is 492 g/mol. The van der Waals surface area contributed by atoms with Crippen molar-refractivity contribution < 1.29 is 18.1 Å². The lowest BCUT2D eigenvalue weighted by Gasteiger charge is -2.28. The summed E-state index contributed by atoms with van der Waals surface area (Å²) in [7, 11) is -2.65. The van der Waals surface area contributed by atoms with Crippen molar-refractivity contribution in [2.24, 2.45) is 0 Å². The predicted octanol–water partition coefficient (Wildman–Crippen LogP) is -0.297. The lowest BCUT2D eigenvalue weighted by molar-refractivity contribution is 0.0708. The molecule has 0 unspecified atom stereocenters. The Bertz CT molecular complexity index is 449. The van der Waals surface area contributed by atoms with Crippen molar-refractivity contribution in [2.75, 3.05) is 92.1 Å². The van der Waals surface area contributed by atoms with Gasteiger partial charge in [-0.15, -0.1) is 0 Å². The van der Waals surface area contributed by atoms with Crippen molar-refractivity contribution >= 4 is 14.8 Å². The van der Waals surface area contributed by atoms with E-state index in [1.54, 1.807) is 0 Å². The Morgan fingerprint density at radius 3 is 1.85 bits per heavy atom. The summed E-state index contributed by atoms with van der Waals surface area (Å²) in [5.41, 5.74) is 0. The van der Waals surface area contributed by atoms with E-state index in [1.165, 1.54) is 0 Å². The molecule has 0 bridgehead atoms. The molecule has 1 heterocycles. The van der Waals surface area contributed by atoms with E-state index in [0.717, 1.165) is 72.0 Å². The van der Waals surface area contributed by atoms with Gasteiger partial charge in [-0.05, 0) is 46.7 Å². The highest BCUT2D eigenvalue weighted by Crippen LogP contribution is 2.17. The lowest BCUT2D eigenvalue weighted by atomic mass is 10.4. The normalized spacial score (nSPS) is 17.9. The number of hydrogen-bond acceptors (Lipinski definition) is 9. The van der Waals surface area contributed by atoms with Crippen molar-refractivity contribution in [3.63, 3.8) is 0 Å². The van der Waals surface area contributed by atoms with Crippen LogP contribution in [0.25, 0.3) is 0 Å². The average Bonchev–Trinajstić information content (AvgIpc) is 2.79. The molecule has 0 aromatic carbocycles. The molecule has 1 fully saturated rings. The number of nitrogens with one attached hydrogen (secondary N) is 6. The number of rotatable bonds is 13. The number of nitrogens with zero attached hydrogens (tertiary/aromatic N) is 1. The van der Waals surface area contributed by atoms with E-state index in [0.29, 0.717) is 39.0 Å². The van der Waals surface area contributed by atoms with E-state index in [2.05, 4.69) is 36.8 Å².